The number of hydrogen-bond acceptors (Lipinski definition) is 6. The van der Waals surface area contributed by atoms with E-state index in [1.54, 1.807) is 20.7 Å². The first-order valence-corrected chi connectivity index (χ1v) is 8.98. The maximum absolute atomic E-state index is 5.69. The molecule has 0 unspecified atom stereocenters. The molecule has 0 atom stereocenters. The fraction of sp³-hybridized carbons (Fsp3) is 0.357. The summed E-state index contributed by atoms with van der Waals surface area (Å²) in [6.07, 6.45) is 0. The summed E-state index contributed by atoms with van der Waals surface area (Å²) in [5.74, 6) is 1.62. The van der Waals surface area contributed by atoms with Crippen LogP contribution in [0.4, 0.5) is 5.69 Å². The summed E-state index contributed by atoms with van der Waals surface area (Å²) in [5, 5.41) is 3.59. The molecule has 2 aliphatic heterocycles. The Bertz CT molecular complexity index is 760. The van der Waals surface area contributed by atoms with Gasteiger partial charge < -0.3 is 14.8 Å². The van der Waals surface area contributed by atoms with Crippen LogP contribution in [0.5, 0.6) is 11.5 Å². The van der Waals surface area contributed by atoms with E-state index in [0.717, 1.165) is 26.6 Å². The highest BCUT2D eigenvalue weighted by Gasteiger charge is 2.34. The van der Waals surface area contributed by atoms with Crippen molar-refractivity contribution in [2.75, 3.05) is 18.5 Å². The smallest absolute Gasteiger partial charge is 0.163 e. The lowest BCUT2D eigenvalue weighted by molar-refractivity contribution is 0.172. The van der Waals surface area contributed by atoms with E-state index >= 15 is 0 Å². The summed E-state index contributed by atoms with van der Waals surface area (Å²) < 4.78 is 12.3. The Morgan fingerprint density at radius 1 is 1.15 bits per heavy atom. The molecule has 0 spiro atoms. The molecule has 20 heavy (non-hydrogen) atoms. The van der Waals surface area contributed by atoms with E-state index in [-0.39, 0.29) is 5.54 Å². The fourth-order valence-corrected chi connectivity index (χ4v) is 5.96. The Balaban J connectivity index is 2.01. The van der Waals surface area contributed by atoms with Gasteiger partial charge in [-0.05, 0) is 19.9 Å². The topological polar surface area (TPSA) is 30.5 Å². The van der Waals surface area contributed by atoms with Gasteiger partial charge in [-0.25, -0.2) is 0 Å². The maximum Gasteiger partial charge on any atom is 0.163 e. The number of rotatable bonds is 0. The van der Waals surface area contributed by atoms with Crippen molar-refractivity contribution in [3.8, 4) is 22.6 Å². The quantitative estimate of drug-likeness (QED) is 0.565. The minimum Gasteiger partial charge on any atom is -0.486 e. The molecule has 1 aromatic carbocycles. The van der Waals surface area contributed by atoms with E-state index in [1.165, 1.54) is 10.4 Å². The molecule has 0 radical (unpaired) electrons. The van der Waals surface area contributed by atoms with Gasteiger partial charge in [0.05, 0.1) is 10.4 Å². The van der Waals surface area contributed by atoms with Crippen LogP contribution in [-0.2, 0) is 5.54 Å². The molecule has 0 bridgehead atoms. The first kappa shape index (κ1) is 12.6. The summed E-state index contributed by atoms with van der Waals surface area (Å²) in [7, 11) is 3.43. The van der Waals surface area contributed by atoms with Crippen molar-refractivity contribution in [3.05, 3.63) is 20.8 Å². The SMILES string of the molecule is CC1(C)Nc2cc3c(cc2-c2c1ssc2=S)OCCO3. The standard InChI is InChI=1S/C14H13NO2S3/c1-14(2)12-11(13(18)20-19-12)7-5-9-10(6-8(7)15-14)17-4-3-16-9/h5-6,15H,3-4H2,1-2H3. The highest BCUT2D eigenvalue weighted by molar-refractivity contribution is 7.80. The number of hydrogen-bond donors (Lipinski definition) is 1. The maximum atomic E-state index is 5.69. The van der Waals surface area contributed by atoms with Crippen molar-refractivity contribution in [2.24, 2.45) is 0 Å². The van der Waals surface area contributed by atoms with Crippen molar-refractivity contribution >= 4 is 38.6 Å². The fourth-order valence-electron chi connectivity index (χ4n) is 2.70. The van der Waals surface area contributed by atoms with Crippen LogP contribution in [0.1, 0.15) is 18.7 Å². The van der Waals surface area contributed by atoms with E-state index in [4.69, 9.17) is 21.7 Å². The van der Waals surface area contributed by atoms with Crippen molar-refractivity contribution < 1.29 is 9.47 Å². The Hall–Kier alpha value is -1.11. The van der Waals surface area contributed by atoms with E-state index in [2.05, 4.69) is 25.2 Å². The van der Waals surface area contributed by atoms with Gasteiger partial charge in [-0.15, -0.1) is 0 Å². The second-order valence-corrected chi connectivity index (χ2v) is 8.27. The van der Waals surface area contributed by atoms with Gasteiger partial charge in [0, 0.05) is 22.9 Å². The van der Waals surface area contributed by atoms with Crippen LogP contribution in [0.2, 0.25) is 0 Å². The van der Waals surface area contributed by atoms with Gasteiger partial charge in [-0.2, -0.15) is 0 Å². The van der Waals surface area contributed by atoms with Crippen LogP contribution in [0.3, 0.4) is 0 Å². The van der Waals surface area contributed by atoms with Crippen LogP contribution >= 0.6 is 32.9 Å². The lowest BCUT2D eigenvalue weighted by atomic mass is 9.90. The number of fused-ring (bicyclic) bond motifs is 4. The van der Waals surface area contributed by atoms with Crippen LogP contribution in [-0.4, -0.2) is 13.2 Å². The predicted octanol–water partition coefficient (Wildman–Crippen LogP) is 4.64. The van der Waals surface area contributed by atoms with E-state index < -0.39 is 0 Å². The zero-order valence-corrected chi connectivity index (χ0v) is 13.6. The van der Waals surface area contributed by atoms with Gasteiger partial charge in [-0.1, -0.05) is 32.9 Å². The average Bonchev–Trinajstić information content (AvgIpc) is 2.80. The number of anilines is 1. The lowest BCUT2D eigenvalue weighted by Gasteiger charge is -2.34. The first-order chi connectivity index (χ1) is 9.56. The Morgan fingerprint density at radius 3 is 2.60 bits per heavy atom. The molecule has 2 aromatic rings. The largest absolute Gasteiger partial charge is 0.486 e. The van der Waals surface area contributed by atoms with Gasteiger partial charge in [0.15, 0.2) is 11.5 Å². The van der Waals surface area contributed by atoms with Gasteiger partial charge in [0.1, 0.15) is 17.0 Å². The molecule has 0 amide bonds. The highest BCUT2D eigenvalue weighted by Crippen LogP contribution is 2.51. The molecule has 2 aliphatic rings. The zero-order valence-electron chi connectivity index (χ0n) is 11.1. The summed E-state index contributed by atoms with van der Waals surface area (Å²) in [6, 6.07) is 4.09. The first-order valence-electron chi connectivity index (χ1n) is 6.42. The number of ether oxygens (including phenoxy) is 2. The van der Waals surface area contributed by atoms with Crippen molar-refractivity contribution in [2.45, 2.75) is 19.4 Å². The molecule has 1 aromatic heterocycles. The minimum absolute atomic E-state index is 0.107. The minimum atomic E-state index is -0.107. The third-order valence-corrected chi connectivity index (χ3v) is 6.94. The summed E-state index contributed by atoms with van der Waals surface area (Å²) in [6.45, 7) is 5.57. The number of benzene rings is 1. The molecule has 1 N–H and O–H groups in total. The van der Waals surface area contributed by atoms with Crippen LogP contribution in [0, 0.1) is 3.82 Å². The van der Waals surface area contributed by atoms with Gasteiger partial charge >= 0.3 is 0 Å². The predicted molar refractivity (Wildman–Crippen MR) is 86.1 cm³/mol. The van der Waals surface area contributed by atoms with Gasteiger partial charge in [0.2, 0.25) is 0 Å². The van der Waals surface area contributed by atoms with Crippen molar-refractivity contribution in [3.63, 3.8) is 0 Å². The van der Waals surface area contributed by atoms with Crippen LogP contribution in [0.15, 0.2) is 12.1 Å². The monoisotopic (exact) mass is 323 g/mol. The zero-order chi connectivity index (χ0) is 13.9. The molecule has 104 valence electrons. The van der Waals surface area contributed by atoms with Crippen molar-refractivity contribution in [1.82, 2.24) is 0 Å². The Labute approximate surface area is 129 Å². The van der Waals surface area contributed by atoms with E-state index in [1.807, 2.05) is 6.07 Å². The Morgan fingerprint density at radius 2 is 1.85 bits per heavy atom. The molecule has 6 heteroatoms. The number of nitrogens with one attached hydrogen (secondary N) is 1. The molecule has 0 saturated carbocycles. The summed E-state index contributed by atoms with van der Waals surface area (Å²) in [4.78, 5) is 1.30. The molecule has 0 fully saturated rings. The third kappa shape index (κ3) is 1.71. The van der Waals surface area contributed by atoms with Gasteiger partial charge in [-0.3, -0.25) is 0 Å². The average molecular weight is 323 g/mol. The highest BCUT2D eigenvalue weighted by atomic mass is 32.9. The van der Waals surface area contributed by atoms with Crippen LogP contribution in [0.25, 0.3) is 11.1 Å². The second-order valence-electron chi connectivity index (χ2n) is 5.45. The molecule has 0 aliphatic carbocycles. The summed E-state index contributed by atoms with van der Waals surface area (Å²) in [5.41, 5.74) is 3.28. The van der Waals surface area contributed by atoms with E-state index in [9.17, 15) is 0 Å². The summed E-state index contributed by atoms with van der Waals surface area (Å²) >= 11 is 5.53. The molecule has 4 rings (SSSR count). The molecular weight excluding hydrogens is 310 g/mol. The molecular formula is C14H13NO2S3. The third-order valence-electron chi connectivity index (χ3n) is 3.60. The normalized spacial score (nSPS) is 17.9. The Kier molecular flexibility index (Phi) is 2.64. The van der Waals surface area contributed by atoms with Crippen molar-refractivity contribution in [1.29, 1.82) is 0 Å². The lowest BCUT2D eigenvalue weighted by Crippen LogP contribution is -2.30. The molecule has 3 heterocycles. The molecule has 3 nitrogen and oxygen atoms in total. The van der Waals surface area contributed by atoms with Crippen LogP contribution < -0.4 is 14.8 Å². The van der Waals surface area contributed by atoms with Gasteiger partial charge in [0.25, 0.3) is 0 Å². The van der Waals surface area contributed by atoms with E-state index in [0.29, 0.717) is 13.2 Å². The second kappa shape index (κ2) is 4.19. The molecule has 0 saturated heterocycles.